The topological polar surface area (TPSA) is 98.8 Å². The van der Waals surface area contributed by atoms with Crippen LogP contribution in [0, 0.1) is 6.92 Å². The van der Waals surface area contributed by atoms with E-state index in [1.165, 1.54) is 6.33 Å². The van der Waals surface area contributed by atoms with Gasteiger partial charge in [0.25, 0.3) is 0 Å². The van der Waals surface area contributed by atoms with Crippen LogP contribution in [-0.2, 0) is 11.2 Å². The van der Waals surface area contributed by atoms with Crippen molar-refractivity contribution in [1.29, 1.82) is 0 Å². The minimum absolute atomic E-state index is 0.215. The molecule has 0 bridgehead atoms. The standard InChI is InChI=1S/C26H23N7O2/c1-16-9-19(4-6-23(16)35-20-7-8-33-24(12-20)28-15-30-33)32-26-21-10-18(3-5-22(21)27-14-29-26)11-25-31-17(2)13-34-25/h3-10,12,14-15,17H,11,13H2,1-2H3,(H,27,29,32)/t17-/m1/s1. The Balaban J connectivity index is 1.24. The van der Waals surface area contributed by atoms with Crippen LogP contribution in [-0.4, -0.2) is 43.1 Å². The van der Waals surface area contributed by atoms with Crippen LogP contribution < -0.4 is 10.1 Å². The third-order valence-corrected chi connectivity index (χ3v) is 5.83. The normalized spacial score (nSPS) is 15.3. The quantitative estimate of drug-likeness (QED) is 0.382. The molecule has 5 aromatic rings. The van der Waals surface area contributed by atoms with Gasteiger partial charge in [-0.25, -0.2) is 24.5 Å². The van der Waals surface area contributed by atoms with Crippen LogP contribution in [0.2, 0.25) is 0 Å². The highest BCUT2D eigenvalue weighted by Gasteiger charge is 2.15. The maximum atomic E-state index is 6.09. The van der Waals surface area contributed by atoms with Gasteiger partial charge in [0, 0.05) is 29.8 Å². The molecule has 4 heterocycles. The van der Waals surface area contributed by atoms with Gasteiger partial charge in [-0.1, -0.05) is 6.07 Å². The van der Waals surface area contributed by atoms with Crippen molar-refractivity contribution in [2.75, 3.05) is 11.9 Å². The number of nitrogens with zero attached hydrogens (tertiary/aromatic N) is 6. The van der Waals surface area contributed by atoms with Gasteiger partial charge in [0.05, 0.1) is 11.6 Å². The number of hydrogen-bond acceptors (Lipinski definition) is 8. The number of rotatable bonds is 6. The number of nitrogens with one attached hydrogen (secondary N) is 1. The first-order valence-corrected chi connectivity index (χ1v) is 11.4. The smallest absolute Gasteiger partial charge is 0.188 e. The molecule has 0 fully saturated rings. The lowest BCUT2D eigenvalue weighted by atomic mass is 10.1. The Hall–Kier alpha value is -4.53. The zero-order valence-electron chi connectivity index (χ0n) is 19.3. The zero-order valence-corrected chi connectivity index (χ0v) is 19.3. The highest BCUT2D eigenvalue weighted by Crippen LogP contribution is 2.30. The molecule has 0 spiro atoms. The molecule has 1 N–H and O–H groups in total. The van der Waals surface area contributed by atoms with Crippen molar-refractivity contribution in [3.8, 4) is 11.5 Å². The molecule has 9 heteroatoms. The molecule has 1 aliphatic heterocycles. The van der Waals surface area contributed by atoms with Gasteiger partial charge in [-0.05, 0) is 61.4 Å². The molecule has 0 saturated carbocycles. The number of fused-ring (bicyclic) bond motifs is 2. The molecule has 0 amide bonds. The Morgan fingerprint density at radius 1 is 1.06 bits per heavy atom. The predicted octanol–water partition coefficient (Wildman–Crippen LogP) is 4.88. The third kappa shape index (κ3) is 4.35. The van der Waals surface area contributed by atoms with E-state index in [0.29, 0.717) is 18.8 Å². The van der Waals surface area contributed by atoms with Gasteiger partial charge >= 0.3 is 0 Å². The fourth-order valence-corrected chi connectivity index (χ4v) is 4.09. The van der Waals surface area contributed by atoms with Crippen LogP contribution in [0.4, 0.5) is 11.5 Å². The summed E-state index contributed by atoms with van der Waals surface area (Å²) in [5.41, 5.74) is 4.60. The van der Waals surface area contributed by atoms with E-state index in [0.717, 1.165) is 50.8 Å². The van der Waals surface area contributed by atoms with Gasteiger partial charge in [-0.2, -0.15) is 5.10 Å². The summed E-state index contributed by atoms with van der Waals surface area (Å²) in [6.45, 7) is 4.71. The number of hydrogen-bond donors (Lipinski definition) is 1. The van der Waals surface area contributed by atoms with E-state index >= 15 is 0 Å². The van der Waals surface area contributed by atoms with E-state index in [4.69, 9.17) is 9.47 Å². The first-order chi connectivity index (χ1) is 17.1. The van der Waals surface area contributed by atoms with Gasteiger partial charge in [0.15, 0.2) is 11.5 Å². The Labute approximate surface area is 201 Å². The number of aromatic nitrogens is 5. The molecule has 0 radical (unpaired) electrons. The second kappa shape index (κ2) is 8.68. The number of aryl methyl sites for hydroxylation is 1. The van der Waals surface area contributed by atoms with Crippen LogP contribution in [0.25, 0.3) is 16.6 Å². The van der Waals surface area contributed by atoms with Crippen molar-refractivity contribution in [2.24, 2.45) is 4.99 Å². The van der Waals surface area contributed by atoms with Crippen molar-refractivity contribution in [1.82, 2.24) is 24.6 Å². The number of benzene rings is 2. The highest BCUT2D eigenvalue weighted by atomic mass is 16.5. The molecular formula is C26H23N7O2. The lowest BCUT2D eigenvalue weighted by Gasteiger charge is -2.13. The fourth-order valence-electron chi connectivity index (χ4n) is 4.09. The molecule has 174 valence electrons. The molecule has 6 rings (SSSR count). The number of aliphatic imine (C=N–C) groups is 1. The molecule has 2 aromatic carbocycles. The number of anilines is 2. The molecule has 3 aromatic heterocycles. The second-order valence-corrected chi connectivity index (χ2v) is 8.57. The summed E-state index contributed by atoms with van der Waals surface area (Å²) in [5, 5.41) is 8.49. The van der Waals surface area contributed by atoms with Crippen molar-refractivity contribution in [3.63, 3.8) is 0 Å². The SMILES string of the molecule is Cc1cc(Nc2ncnc3ccc(CC4=N[C@H](C)CO4)cc23)ccc1Oc1ccn2ncnc2c1. The van der Waals surface area contributed by atoms with Gasteiger partial charge in [-0.15, -0.1) is 0 Å². The van der Waals surface area contributed by atoms with Crippen LogP contribution in [0.1, 0.15) is 18.1 Å². The summed E-state index contributed by atoms with van der Waals surface area (Å²) < 4.78 is 13.5. The zero-order chi connectivity index (χ0) is 23.8. The molecule has 35 heavy (non-hydrogen) atoms. The summed E-state index contributed by atoms with van der Waals surface area (Å²) in [7, 11) is 0. The lowest BCUT2D eigenvalue weighted by molar-refractivity contribution is 0.318. The fraction of sp³-hybridized carbons (Fsp3) is 0.192. The van der Waals surface area contributed by atoms with Crippen molar-refractivity contribution < 1.29 is 9.47 Å². The molecule has 0 aliphatic carbocycles. The molecule has 9 nitrogen and oxygen atoms in total. The van der Waals surface area contributed by atoms with Crippen LogP contribution in [0.3, 0.4) is 0 Å². The van der Waals surface area contributed by atoms with Crippen LogP contribution in [0.15, 0.2) is 72.4 Å². The average Bonchev–Trinajstić information content (AvgIpc) is 3.49. The number of pyridine rings is 1. The maximum Gasteiger partial charge on any atom is 0.188 e. The molecule has 1 aliphatic rings. The highest BCUT2D eigenvalue weighted by molar-refractivity contribution is 5.92. The van der Waals surface area contributed by atoms with Gasteiger partial charge in [-0.3, -0.25) is 0 Å². The first kappa shape index (κ1) is 21.0. The lowest BCUT2D eigenvalue weighted by Crippen LogP contribution is -2.04. The Morgan fingerprint density at radius 3 is 2.86 bits per heavy atom. The van der Waals surface area contributed by atoms with Gasteiger partial charge in [0.1, 0.15) is 36.6 Å². The number of ether oxygens (including phenoxy) is 2. The van der Waals surface area contributed by atoms with Gasteiger partial charge in [0.2, 0.25) is 0 Å². The van der Waals surface area contributed by atoms with Crippen molar-refractivity contribution in [3.05, 3.63) is 78.5 Å². The monoisotopic (exact) mass is 465 g/mol. The minimum atomic E-state index is 0.215. The molecule has 1 atom stereocenters. The van der Waals surface area contributed by atoms with E-state index in [1.807, 2.05) is 49.5 Å². The van der Waals surface area contributed by atoms with Crippen LogP contribution >= 0.6 is 0 Å². The van der Waals surface area contributed by atoms with E-state index < -0.39 is 0 Å². The summed E-state index contributed by atoms with van der Waals surface area (Å²) in [4.78, 5) is 17.7. The minimum Gasteiger partial charge on any atom is -0.478 e. The summed E-state index contributed by atoms with van der Waals surface area (Å²) in [5.74, 6) is 2.98. The van der Waals surface area contributed by atoms with E-state index in [9.17, 15) is 0 Å². The van der Waals surface area contributed by atoms with Crippen molar-refractivity contribution >= 4 is 34.0 Å². The van der Waals surface area contributed by atoms with Crippen LogP contribution in [0.5, 0.6) is 11.5 Å². The van der Waals surface area contributed by atoms with E-state index in [1.54, 1.807) is 10.8 Å². The van der Waals surface area contributed by atoms with Gasteiger partial charge < -0.3 is 14.8 Å². The third-order valence-electron chi connectivity index (χ3n) is 5.83. The maximum absolute atomic E-state index is 6.09. The Morgan fingerprint density at radius 2 is 2.00 bits per heavy atom. The van der Waals surface area contributed by atoms with E-state index in [-0.39, 0.29) is 6.04 Å². The predicted molar refractivity (Wildman–Crippen MR) is 134 cm³/mol. The molecular weight excluding hydrogens is 442 g/mol. The Bertz CT molecular complexity index is 1580. The summed E-state index contributed by atoms with van der Waals surface area (Å²) in [6.07, 6.45) is 5.56. The summed E-state index contributed by atoms with van der Waals surface area (Å²) in [6, 6.07) is 16.0. The van der Waals surface area contributed by atoms with Crippen molar-refractivity contribution in [2.45, 2.75) is 26.3 Å². The average molecular weight is 466 g/mol. The Kier molecular flexibility index (Phi) is 5.21. The molecule has 0 saturated heterocycles. The second-order valence-electron chi connectivity index (χ2n) is 8.57. The molecule has 0 unspecified atom stereocenters. The largest absolute Gasteiger partial charge is 0.478 e. The first-order valence-electron chi connectivity index (χ1n) is 11.4. The van der Waals surface area contributed by atoms with E-state index in [2.05, 4.69) is 49.4 Å². The summed E-state index contributed by atoms with van der Waals surface area (Å²) >= 11 is 0.